The van der Waals surface area contributed by atoms with Crippen LogP contribution in [0.5, 0.6) is 0 Å². The van der Waals surface area contributed by atoms with E-state index in [1.165, 1.54) is 6.20 Å². The third-order valence-electron chi connectivity index (χ3n) is 2.20. The zero-order valence-corrected chi connectivity index (χ0v) is 9.92. The minimum absolute atomic E-state index is 0.258. The van der Waals surface area contributed by atoms with Crippen molar-refractivity contribution in [3.63, 3.8) is 0 Å². The van der Waals surface area contributed by atoms with Crippen LogP contribution in [0.4, 0.5) is 11.6 Å². The Balaban J connectivity index is 2.05. The number of carbonyl (C=O) groups is 1. The SMILES string of the molecule is CCNc1ccc(C(=O)Nc2cccnn2)cn1. The highest BCUT2D eigenvalue weighted by atomic mass is 16.1. The van der Waals surface area contributed by atoms with Gasteiger partial charge >= 0.3 is 0 Å². The van der Waals surface area contributed by atoms with Gasteiger partial charge in [-0.25, -0.2) is 4.98 Å². The lowest BCUT2D eigenvalue weighted by Gasteiger charge is -2.05. The molecule has 6 nitrogen and oxygen atoms in total. The predicted octanol–water partition coefficient (Wildman–Crippen LogP) is 1.56. The minimum Gasteiger partial charge on any atom is -0.370 e. The average molecular weight is 243 g/mol. The van der Waals surface area contributed by atoms with Crippen LogP contribution in [-0.4, -0.2) is 27.6 Å². The van der Waals surface area contributed by atoms with Gasteiger partial charge in [-0.1, -0.05) is 0 Å². The minimum atomic E-state index is -0.258. The van der Waals surface area contributed by atoms with Gasteiger partial charge in [0.2, 0.25) is 0 Å². The Morgan fingerprint density at radius 2 is 2.17 bits per heavy atom. The average Bonchev–Trinajstić information content (AvgIpc) is 2.41. The van der Waals surface area contributed by atoms with E-state index in [0.29, 0.717) is 11.4 Å². The second-order valence-corrected chi connectivity index (χ2v) is 3.53. The number of aromatic nitrogens is 3. The fourth-order valence-corrected chi connectivity index (χ4v) is 1.37. The van der Waals surface area contributed by atoms with Crippen LogP contribution in [0.2, 0.25) is 0 Å². The van der Waals surface area contributed by atoms with E-state index in [9.17, 15) is 4.79 Å². The van der Waals surface area contributed by atoms with Gasteiger partial charge in [0.1, 0.15) is 5.82 Å². The standard InChI is InChI=1S/C12H13N5O/c1-2-13-10-6-5-9(8-14-10)12(18)16-11-4-3-7-15-17-11/h3-8H,2H2,1H3,(H,13,14)(H,16,17,18). The first-order chi connectivity index (χ1) is 8.79. The summed E-state index contributed by atoms with van der Waals surface area (Å²) in [5.41, 5.74) is 0.474. The lowest BCUT2D eigenvalue weighted by Crippen LogP contribution is -2.13. The van der Waals surface area contributed by atoms with Crippen LogP contribution in [0.1, 0.15) is 17.3 Å². The van der Waals surface area contributed by atoms with Gasteiger partial charge in [-0.2, -0.15) is 5.10 Å². The van der Waals surface area contributed by atoms with Gasteiger partial charge in [0.05, 0.1) is 5.56 Å². The van der Waals surface area contributed by atoms with Crippen molar-refractivity contribution < 1.29 is 4.79 Å². The zero-order valence-electron chi connectivity index (χ0n) is 9.92. The van der Waals surface area contributed by atoms with Gasteiger partial charge in [0.15, 0.2) is 5.82 Å². The molecule has 0 aliphatic carbocycles. The lowest BCUT2D eigenvalue weighted by atomic mass is 10.2. The number of nitrogens with one attached hydrogen (secondary N) is 2. The smallest absolute Gasteiger partial charge is 0.258 e. The fourth-order valence-electron chi connectivity index (χ4n) is 1.37. The van der Waals surface area contributed by atoms with Gasteiger partial charge in [0, 0.05) is 18.9 Å². The van der Waals surface area contributed by atoms with Crippen LogP contribution in [0.15, 0.2) is 36.7 Å². The topological polar surface area (TPSA) is 79.8 Å². The number of pyridine rings is 1. The normalized spacial score (nSPS) is 9.83. The largest absolute Gasteiger partial charge is 0.370 e. The molecule has 2 aromatic heterocycles. The lowest BCUT2D eigenvalue weighted by molar-refractivity contribution is 0.102. The Bertz CT molecular complexity index is 512. The van der Waals surface area contributed by atoms with Crippen LogP contribution >= 0.6 is 0 Å². The molecule has 2 aromatic rings. The molecule has 0 fully saturated rings. The highest BCUT2D eigenvalue weighted by Crippen LogP contribution is 2.07. The summed E-state index contributed by atoms with van der Waals surface area (Å²) in [5, 5.41) is 13.2. The maximum atomic E-state index is 11.8. The highest BCUT2D eigenvalue weighted by Gasteiger charge is 2.07. The van der Waals surface area contributed by atoms with Crippen molar-refractivity contribution in [1.82, 2.24) is 15.2 Å². The second-order valence-electron chi connectivity index (χ2n) is 3.53. The van der Waals surface area contributed by atoms with Crippen LogP contribution in [-0.2, 0) is 0 Å². The molecule has 2 N–H and O–H groups in total. The van der Waals surface area contributed by atoms with E-state index in [1.807, 2.05) is 6.92 Å². The quantitative estimate of drug-likeness (QED) is 0.851. The first-order valence-electron chi connectivity index (χ1n) is 5.58. The van der Waals surface area contributed by atoms with Gasteiger partial charge in [-0.05, 0) is 31.2 Å². The molecule has 2 heterocycles. The first kappa shape index (κ1) is 12.0. The Hall–Kier alpha value is -2.50. The molecule has 1 amide bonds. The van der Waals surface area contributed by atoms with Crippen LogP contribution < -0.4 is 10.6 Å². The Morgan fingerprint density at radius 1 is 1.28 bits per heavy atom. The number of nitrogens with zero attached hydrogens (tertiary/aromatic N) is 3. The molecule has 0 aliphatic heterocycles. The molecule has 18 heavy (non-hydrogen) atoms. The van der Waals surface area contributed by atoms with Gasteiger partial charge in [-0.15, -0.1) is 5.10 Å². The molecule has 0 saturated carbocycles. The summed E-state index contributed by atoms with van der Waals surface area (Å²) in [6.07, 6.45) is 3.06. The van der Waals surface area contributed by atoms with E-state index in [0.717, 1.165) is 12.4 Å². The zero-order chi connectivity index (χ0) is 12.8. The van der Waals surface area contributed by atoms with Crippen molar-refractivity contribution in [3.8, 4) is 0 Å². The summed E-state index contributed by atoms with van der Waals surface area (Å²) in [7, 11) is 0. The summed E-state index contributed by atoms with van der Waals surface area (Å²) < 4.78 is 0. The van der Waals surface area contributed by atoms with Crippen LogP contribution in [0.25, 0.3) is 0 Å². The molecule has 0 spiro atoms. The van der Waals surface area contributed by atoms with Crippen LogP contribution in [0.3, 0.4) is 0 Å². The van der Waals surface area contributed by atoms with E-state index in [-0.39, 0.29) is 5.91 Å². The third kappa shape index (κ3) is 3.00. The molecule has 0 bridgehead atoms. The summed E-state index contributed by atoms with van der Waals surface area (Å²) >= 11 is 0. The van der Waals surface area contributed by atoms with Crippen molar-refractivity contribution >= 4 is 17.5 Å². The molecule has 0 aliphatic rings. The predicted molar refractivity (Wildman–Crippen MR) is 68.4 cm³/mol. The summed E-state index contributed by atoms with van der Waals surface area (Å²) in [6.45, 7) is 2.77. The maximum Gasteiger partial charge on any atom is 0.258 e. The molecule has 92 valence electrons. The summed E-state index contributed by atoms with van der Waals surface area (Å²) in [6, 6.07) is 6.84. The molecule has 2 rings (SSSR count). The third-order valence-corrected chi connectivity index (χ3v) is 2.20. The van der Waals surface area contributed by atoms with Crippen LogP contribution in [0, 0.1) is 0 Å². The maximum absolute atomic E-state index is 11.8. The molecule has 6 heteroatoms. The van der Waals surface area contributed by atoms with E-state index in [4.69, 9.17) is 0 Å². The van der Waals surface area contributed by atoms with E-state index >= 15 is 0 Å². The van der Waals surface area contributed by atoms with Crippen molar-refractivity contribution in [3.05, 3.63) is 42.2 Å². The Morgan fingerprint density at radius 3 is 2.78 bits per heavy atom. The molecule has 0 atom stereocenters. The monoisotopic (exact) mass is 243 g/mol. The Kier molecular flexibility index (Phi) is 3.80. The van der Waals surface area contributed by atoms with Gasteiger partial charge in [-0.3, -0.25) is 4.79 Å². The molecule has 0 unspecified atom stereocenters. The highest BCUT2D eigenvalue weighted by molar-refractivity contribution is 6.03. The number of anilines is 2. The van der Waals surface area contributed by atoms with Gasteiger partial charge in [0.25, 0.3) is 5.91 Å². The van der Waals surface area contributed by atoms with Crippen molar-refractivity contribution in [1.29, 1.82) is 0 Å². The second kappa shape index (κ2) is 5.72. The van der Waals surface area contributed by atoms with E-state index in [2.05, 4.69) is 25.8 Å². The van der Waals surface area contributed by atoms with Crippen molar-refractivity contribution in [2.45, 2.75) is 6.92 Å². The molecular weight excluding hydrogens is 230 g/mol. The summed E-state index contributed by atoms with van der Waals surface area (Å²) in [5.74, 6) is 0.901. The van der Waals surface area contributed by atoms with Crippen molar-refractivity contribution in [2.75, 3.05) is 17.2 Å². The molecular formula is C12H13N5O. The number of carbonyl (C=O) groups excluding carboxylic acids is 1. The molecule has 0 radical (unpaired) electrons. The molecule has 0 aromatic carbocycles. The number of amides is 1. The Labute approximate surface area is 104 Å². The number of rotatable bonds is 4. The van der Waals surface area contributed by atoms with E-state index < -0.39 is 0 Å². The first-order valence-corrected chi connectivity index (χ1v) is 5.58. The fraction of sp³-hybridized carbons (Fsp3) is 0.167. The van der Waals surface area contributed by atoms with Crippen molar-refractivity contribution in [2.24, 2.45) is 0 Å². The number of hydrogen-bond donors (Lipinski definition) is 2. The van der Waals surface area contributed by atoms with Gasteiger partial charge < -0.3 is 10.6 Å². The summed E-state index contributed by atoms with van der Waals surface area (Å²) in [4.78, 5) is 16.0. The number of hydrogen-bond acceptors (Lipinski definition) is 5. The molecule has 0 saturated heterocycles. The van der Waals surface area contributed by atoms with E-state index in [1.54, 1.807) is 30.5 Å².